The molecular formula is C12H10N2O. The number of pyridine rings is 1. The van der Waals surface area contributed by atoms with E-state index in [0.29, 0.717) is 0 Å². The van der Waals surface area contributed by atoms with E-state index in [1.165, 1.54) is 6.08 Å². The van der Waals surface area contributed by atoms with Gasteiger partial charge in [0.05, 0.1) is 11.2 Å². The number of hydrogen-bond donors (Lipinski definition) is 1. The molecule has 0 unspecified atom stereocenters. The zero-order valence-electron chi connectivity index (χ0n) is 8.10. The second-order valence-electron chi connectivity index (χ2n) is 3.07. The topological polar surface area (TPSA) is 42.0 Å². The van der Waals surface area contributed by atoms with Crippen LogP contribution in [0.5, 0.6) is 0 Å². The van der Waals surface area contributed by atoms with Gasteiger partial charge < -0.3 is 5.32 Å². The minimum atomic E-state index is -0.216. The lowest BCUT2D eigenvalue weighted by Gasteiger charge is -2.05. The van der Waals surface area contributed by atoms with E-state index in [9.17, 15) is 4.79 Å². The Kier molecular flexibility index (Phi) is 2.46. The zero-order valence-corrected chi connectivity index (χ0v) is 8.10. The molecule has 0 saturated heterocycles. The van der Waals surface area contributed by atoms with Gasteiger partial charge in [0.2, 0.25) is 5.91 Å². The highest BCUT2D eigenvalue weighted by molar-refractivity contribution is 6.04. The molecular weight excluding hydrogens is 188 g/mol. The Morgan fingerprint density at radius 2 is 2.13 bits per heavy atom. The van der Waals surface area contributed by atoms with Gasteiger partial charge in [-0.25, -0.2) is 0 Å². The van der Waals surface area contributed by atoms with Crippen LogP contribution in [0.25, 0.3) is 10.9 Å². The lowest BCUT2D eigenvalue weighted by atomic mass is 10.2. The molecule has 0 aliphatic rings. The number of nitrogens with one attached hydrogen (secondary N) is 1. The molecule has 2 rings (SSSR count). The van der Waals surface area contributed by atoms with Gasteiger partial charge in [0.1, 0.15) is 0 Å². The van der Waals surface area contributed by atoms with Crippen molar-refractivity contribution in [1.82, 2.24) is 4.98 Å². The lowest BCUT2D eigenvalue weighted by Crippen LogP contribution is -2.07. The molecule has 3 nitrogen and oxygen atoms in total. The first kappa shape index (κ1) is 9.40. The molecule has 0 fully saturated rings. The zero-order chi connectivity index (χ0) is 10.7. The Morgan fingerprint density at radius 3 is 2.93 bits per heavy atom. The highest BCUT2D eigenvalue weighted by Gasteiger charge is 2.02. The van der Waals surface area contributed by atoms with Crippen molar-refractivity contribution in [1.29, 1.82) is 0 Å². The molecule has 2 aromatic rings. The number of aromatic nitrogens is 1. The van der Waals surface area contributed by atoms with E-state index in [2.05, 4.69) is 16.9 Å². The van der Waals surface area contributed by atoms with Crippen LogP contribution in [0.3, 0.4) is 0 Å². The van der Waals surface area contributed by atoms with Crippen molar-refractivity contribution in [2.24, 2.45) is 0 Å². The van der Waals surface area contributed by atoms with Crippen molar-refractivity contribution in [3.05, 3.63) is 49.2 Å². The van der Waals surface area contributed by atoms with Crippen LogP contribution < -0.4 is 5.32 Å². The molecule has 0 spiro atoms. The van der Waals surface area contributed by atoms with Gasteiger partial charge in [-0.05, 0) is 18.2 Å². The van der Waals surface area contributed by atoms with Crippen molar-refractivity contribution in [3.63, 3.8) is 0 Å². The summed E-state index contributed by atoms with van der Waals surface area (Å²) in [6.45, 7) is 3.41. The molecule has 1 aromatic carbocycles. The Morgan fingerprint density at radius 1 is 1.33 bits per heavy atom. The maximum Gasteiger partial charge on any atom is 0.247 e. The number of benzene rings is 1. The van der Waals surface area contributed by atoms with Gasteiger partial charge in [0, 0.05) is 11.6 Å². The maximum atomic E-state index is 11.2. The number of nitrogens with zero attached hydrogens (tertiary/aromatic N) is 1. The van der Waals surface area contributed by atoms with E-state index in [1.807, 2.05) is 24.3 Å². The minimum Gasteiger partial charge on any atom is -0.322 e. The SMILES string of the molecule is C=CC(=O)Nc1ccnc2ccccc12. The number of carbonyl (C=O) groups is 1. The third-order valence-electron chi connectivity index (χ3n) is 2.09. The fraction of sp³-hybridized carbons (Fsp3) is 0. The van der Waals surface area contributed by atoms with Gasteiger partial charge in [-0.2, -0.15) is 0 Å². The third-order valence-corrected chi connectivity index (χ3v) is 2.09. The Hall–Kier alpha value is -2.16. The summed E-state index contributed by atoms with van der Waals surface area (Å²) in [5.41, 5.74) is 1.62. The third kappa shape index (κ3) is 1.86. The molecule has 1 heterocycles. The molecule has 15 heavy (non-hydrogen) atoms. The van der Waals surface area contributed by atoms with Crippen molar-refractivity contribution >= 4 is 22.5 Å². The molecule has 0 aliphatic carbocycles. The molecule has 1 amide bonds. The van der Waals surface area contributed by atoms with Crippen LogP contribution in [0.15, 0.2) is 49.2 Å². The molecule has 0 atom stereocenters. The summed E-state index contributed by atoms with van der Waals surface area (Å²) in [5.74, 6) is -0.216. The minimum absolute atomic E-state index is 0.216. The first-order valence-electron chi connectivity index (χ1n) is 4.58. The summed E-state index contributed by atoms with van der Waals surface area (Å²) >= 11 is 0. The second kappa shape index (κ2) is 3.92. The molecule has 0 bridgehead atoms. The van der Waals surface area contributed by atoms with Gasteiger partial charge in [-0.15, -0.1) is 0 Å². The van der Waals surface area contributed by atoms with Crippen molar-refractivity contribution in [3.8, 4) is 0 Å². The highest BCUT2D eigenvalue weighted by Crippen LogP contribution is 2.20. The van der Waals surface area contributed by atoms with E-state index in [4.69, 9.17) is 0 Å². The van der Waals surface area contributed by atoms with Crippen LogP contribution in [-0.2, 0) is 4.79 Å². The lowest BCUT2D eigenvalue weighted by molar-refractivity contribution is -0.111. The van der Waals surface area contributed by atoms with Crippen LogP contribution in [0, 0.1) is 0 Å². The summed E-state index contributed by atoms with van der Waals surface area (Å²) in [6.07, 6.45) is 2.91. The Bertz CT molecular complexity index is 515. The van der Waals surface area contributed by atoms with Crippen LogP contribution in [0.2, 0.25) is 0 Å². The molecule has 3 heteroatoms. The fourth-order valence-electron chi connectivity index (χ4n) is 1.39. The van der Waals surface area contributed by atoms with E-state index in [0.717, 1.165) is 16.6 Å². The van der Waals surface area contributed by atoms with E-state index < -0.39 is 0 Å². The van der Waals surface area contributed by atoms with Crippen LogP contribution >= 0.6 is 0 Å². The van der Waals surface area contributed by atoms with Crippen molar-refractivity contribution < 1.29 is 4.79 Å². The first-order chi connectivity index (χ1) is 7.31. The largest absolute Gasteiger partial charge is 0.322 e. The van der Waals surface area contributed by atoms with Crippen molar-refractivity contribution in [2.75, 3.05) is 5.32 Å². The maximum absolute atomic E-state index is 11.2. The second-order valence-corrected chi connectivity index (χ2v) is 3.07. The molecule has 0 saturated carbocycles. The van der Waals surface area contributed by atoms with E-state index in [1.54, 1.807) is 12.3 Å². The average molecular weight is 198 g/mol. The smallest absolute Gasteiger partial charge is 0.247 e. The van der Waals surface area contributed by atoms with Gasteiger partial charge >= 0.3 is 0 Å². The number of para-hydroxylation sites is 1. The summed E-state index contributed by atoms with van der Waals surface area (Å²) in [5, 5.41) is 3.66. The number of hydrogen-bond acceptors (Lipinski definition) is 2. The van der Waals surface area contributed by atoms with Crippen LogP contribution in [0.4, 0.5) is 5.69 Å². The summed E-state index contributed by atoms with van der Waals surface area (Å²) in [7, 11) is 0. The van der Waals surface area contributed by atoms with Gasteiger partial charge in [-0.1, -0.05) is 24.8 Å². The highest BCUT2D eigenvalue weighted by atomic mass is 16.1. The molecule has 0 radical (unpaired) electrons. The molecule has 1 aromatic heterocycles. The Labute approximate surface area is 87.4 Å². The predicted molar refractivity (Wildman–Crippen MR) is 60.6 cm³/mol. The monoisotopic (exact) mass is 198 g/mol. The summed E-state index contributed by atoms with van der Waals surface area (Å²) in [4.78, 5) is 15.4. The quantitative estimate of drug-likeness (QED) is 0.752. The predicted octanol–water partition coefficient (Wildman–Crippen LogP) is 2.36. The van der Waals surface area contributed by atoms with Crippen LogP contribution in [-0.4, -0.2) is 10.9 Å². The normalized spacial score (nSPS) is 9.87. The molecule has 74 valence electrons. The summed E-state index contributed by atoms with van der Waals surface area (Å²) in [6, 6.07) is 9.41. The van der Waals surface area contributed by atoms with Crippen LogP contribution in [0.1, 0.15) is 0 Å². The number of carbonyl (C=O) groups excluding carboxylic acids is 1. The molecule has 0 aliphatic heterocycles. The Balaban J connectivity index is 2.51. The summed E-state index contributed by atoms with van der Waals surface area (Å²) < 4.78 is 0. The number of amides is 1. The number of rotatable bonds is 2. The standard InChI is InChI=1S/C12H10N2O/c1-2-12(15)14-11-7-8-13-10-6-4-3-5-9(10)11/h2-8H,1H2,(H,13,14,15). The fourth-order valence-corrected chi connectivity index (χ4v) is 1.39. The number of fused-ring (bicyclic) bond motifs is 1. The molecule has 1 N–H and O–H groups in total. The average Bonchev–Trinajstić information content (AvgIpc) is 2.29. The van der Waals surface area contributed by atoms with E-state index >= 15 is 0 Å². The van der Waals surface area contributed by atoms with E-state index in [-0.39, 0.29) is 5.91 Å². The van der Waals surface area contributed by atoms with Gasteiger partial charge in [-0.3, -0.25) is 9.78 Å². The first-order valence-corrected chi connectivity index (χ1v) is 4.58. The van der Waals surface area contributed by atoms with Gasteiger partial charge in [0.25, 0.3) is 0 Å². The number of anilines is 1. The van der Waals surface area contributed by atoms with Gasteiger partial charge in [0.15, 0.2) is 0 Å². The van der Waals surface area contributed by atoms with Crippen molar-refractivity contribution in [2.45, 2.75) is 0 Å².